The van der Waals surface area contributed by atoms with E-state index in [4.69, 9.17) is 15.6 Å². The van der Waals surface area contributed by atoms with Gasteiger partial charge in [0.05, 0.1) is 39.9 Å². The van der Waals surface area contributed by atoms with Gasteiger partial charge in [0.15, 0.2) is 0 Å². The number of nitrogens with two attached hydrogens (primary N) is 1. The zero-order valence-electron chi connectivity index (χ0n) is 24.4. The second-order valence-electron chi connectivity index (χ2n) is 10.2. The maximum Gasteiger partial charge on any atom is 0.338 e. The van der Waals surface area contributed by atoms with Crippen LogP contribution in [0.5, 0.6) is 5.88 Å². The van der Waals surface area contributed by atoms with E-state index >= 15 is 0 Å². The lowest BCUT2D eigenvalue weighted by Crippen LogP contribution is -2.38. The molecule has 0 saturated carbocycles. The number of aliphatic imine (C=N–C) groups is 2. The molecule has 2 aliphatic rings. The van der Waals surface area contributed by atoms with Gasteiger partial charge in [-0.05, 0) is 42.8 Å². The highest BCUT2D eigenvalue weighted by atomic mass is 127. The fraction of sp³-hybridized carbons (Fsp3) is 0.333. The molecule has 2 aliphatic heterocycles. The van der Waals surface area contributed by atoms with Gasteiger partial charge in [-0.25, -0.2) is 29.7 Å². The Kier molecular flexibility index (Phi) is 10.6. The van der Waals surface area contributed by atoms with Crippen LogP contribution in [0.2, 0.25) is 0 Å². The summed E-state index contributed by atoms with van der Waals surface area (Å²) in [4.78, 5) is 37.4. The number of ether oxygens (including phenoxy) is 1. The minimum absolute atomic E-state index is 0.0704. The molecular formula is C30H35IN10O3. The number of alkyl halides is 1. The van der Waals surface area contributed by atoms with Gasteiger partial charge in [0.1, 0.15) is 18.6 Å². The number of carbonyl (C=O) groups is 1. The van der Waals surface area contributed by atoms with Crippen molar-refractivity contribution >= 4 is 63.6 Å². The van der Waals surface area contributed by atoms with Crippen molar-refractivity contribution in [1.29, 1.82) is 0 Å². The molecular weight excluding hydrogens is 675 g/mol. The standard InChI is InChI=1S/C30H35IN10O3/c1-20-26(16-35-28-27(20)34-8-11-44-28)40-9-6-22(12-32)25(17-40)39-19-38-24-4-2-21(3-5-24)13-33-7-10-41(18-31)30-36-14-23(15-37-30)29(42)43/h2-5,12,14-16,19,33-34H,6-11,13,17-18,32H2,1H3,(H,42,43)/b22-12-,38-19?,39-25?. The number of hydrogen-bond donors (Lipinski definition) is 4. The van der Waals surface area contributed by atoms with E-state index in [0.717, 1.165) is 59.0 Å². The fourth-order valence-electron chi connectivity index (χ4n) is 4.92. The van der Waals surface area contributed by atoms with Crippen LogP contribution in [-0.4, -0.2) is 82.0 Å². The summed E-state index contributed by atoms with van der Waals surface area (Å²) >= 11 is 2.24. The predicted molar refractivity (Wildman–Crippen MR) is 181 cm³/mol. The summed E-state index contributed by atoms with van der Waals surface area (Å²) in [6.07, 6.45) is 8.54. The smallest absolute Gasteiger partial charge is 0.338 e. The van der Waals surface area contributed by atoms with Crippen LogP contribution < -0.4 is 30.9 Å². The van der Waals surface area contributed by atoms with E-state index in [1.165, 1.54) is 12.4 Å². The lowest BCUT2D eigenvalue weighted by Gasteiger charge is -2.33. The molecule has 0 unspecified atom stereocenters. The van der Waals surface area contributed by atoms with Gasteiger partial charge in [0.2, 0.25) is 11.8 Å². The number of benzene rings is 1. The first-order chi connectivity index (χ1) is 21.5. The molecule has 4 heterocycles. The molecule has 3 aromatic rings. The van der Waals surface area contributed by atoms with Crippen LogP contribution in [0, 0.1) is 6.92 Å². The normalized spacial score (nSPS) is 16.5. The third-order valence-corrected chi connectivity index (χ3v) is 8.20. The van der Waals surface area contributed by atoms with Gasteiger partial charge in [-0.1, -0.05) is 34.7 Å². The van der Waals surface area contributed by atoms with Crippen LogP contribution in [-0.2, 0) is 6.54 Å². The van der Waals surface area contributed by atoms with E-state index in [1.807, 2.05) is 35.4 Å². The predicted octanol–water partition coefficient (Wildman–Crippen LogP) is 3.52. The summed E-state index contributed by atoms with van der Waals surface area (Å²) in [6, 6.07) is 8.00. The highest BCUT2D eigenvalue weighted by Crippen LogP contribution is 2.35. The Hall–Kier alpha value is -4.31. The maximum atomic E-state index is 11.0. The molecule has 1 fully saturated rings. The molecule has 1 saturated heterocycles. The summed E-state index contributed by atoms with van der Waals surface area (Å²) in [5, 5.41) is 15.9. The third-order valence-electron chi connectivity index (χ3n) is 7.38. The molecule has 0 spiro atoms. The number of pyridine rings is 1. The quantitative estimate of drug-likeness (QED) is 0.0575. The van der Waals surface area contributed by atoms with Gasteiger partial charge in [-0.15, -0.1) is 0 Å². The van der Waals surface area contributed by atoms with Crippen molar-refractivity contribution in [3.05, 3.63) is 71.3 Å². The van der Waals surface area contributed by atoms with E-state index in [-0.39, 0.29) is 5.56 Å². The Bertz CT molecular complexity index is 1540. The second-order valence-corrected chi connectivity index (χ2v) is 10.9. The number of hydrogen-bond acceptors (Lipinski definition) is 11. The molecule has 13 nitrogen and oxygen atoms in total. The van der Waals surface area contributed by atoms with Gasteiger partial charge in [-0.2, -0.15) is 0 Å². The first kappa shape index (κ1) is 31.1. The van der Waals surface area contributed by atoms with Crippen molar-refractivity contribution in [2.24, 2.45) is 15.7 Å². The number of rotatable bonds is 11. The average molecular weight is 711 g/mol. The molecule has 0 radical (unpaired) electrons. The Balaban J connectivity index is 1.14. The lowest BCUT2D eigenvalue weighted by atomic mass is 10.0. The molecule has 14 heteroatoms. The molecule has 2 aromatic heterocycles. The SMILES string of the molecule is Cc1c(N2CC/C(=C/N)C(=NC=Nc3ccc(CNCCN(CI)c4ncc(C(=O)O)cn4)cc3)C2)cnc2c1NCCO2. The summed E-state index contributed by atoms with van der Waals surface area (Å²) in [7, 11) is 0. The number of anilines is 3. The van der Waals surface area contributed by atoms with Gasteiger partial charge in [0, 0.05) is 50.7 Å². The highest BCUT2D eigenvalue weighted by molar-refractivity contribution is 14.1. The topological polar surface area (TPSA) is 166 Å². The van der Waals surface area contributed by atoms with Crippen molar-refractivity contribution in [2.75, 3.05) is 59.0 Å². The van der Waals surface area contributed by atoms with Crippen molar-refractivity contribution < 1.29 is 14.6 Å². The van der Waals surface area contributed by atoms with E-state index < -0.39 is 5.97 Å². The van der Waals surface area contributed by atoms with Crippen LogP contribution in [0.1, 0.15) is 27.9 Å². The number of fused-ring (bicyclic) bond motifs is 1. The van der Waals surface area contributed by atoms with Crippen LogP contribution >= 0.6 is 22.6 Å². The number of nitrogens with one attached hydrogen (secondary N) is 2. The molecule has 1 aromatic carbocycles. The van der Waals surface area contributed by atoms with Gasteiger partial charge < -0.3 is 36.0 Å². The summed E-state index contributed by atoms with van der Waals surface area (Å²) < 4.78 is 6.36. The number of piperidine rings is 1. The molecule has 230 valence electrons. The zero-order valence-corrected chi connectivity index (χ0v) is 26.6. The monoisotopic (exact) mass is 710 g/mol. The number of aromatic nitrogens is 3. The number of nitrogens with zero attached hydrogens (tertiary/aromatic N) is 7. The van der Waals surface area contributed by atoms with Gasteiger partial charge in [-0.3, -0.25) is 0 Å². The van der Waals surface area contributed by atoms with Gasteiger partial charge >= 0.3 is 5.97 Å². The molecule has 0 amide bonds. The molecule has 5 rings (SSSR count). The number of carboxylic acids is 1. The van der Waals surface area contributed by atoms with Crippen LogP contribution in [0.15, 0.2) is 64.6 Å². The largest absolute Gasteiger partial charge is 0.478 e. The Morgan fingerprint density at radius 1 is 1.25 bits per heavy atom. The second kappa shape index (κ2) is 14.9. The van der Waals surface area contributed by atoms with Crippen LogP contribution in [0.25, 0.3) is 0 Å². The number of carboxylic acid groups (broad SMARTS) is 1. The molecule has 44 heavy (non-hydrogen) atoms. The molecule has 0 atom stereocenters. The fourth-order valence-corrected chi connectivity index (χ4v) is 5.57. The Labute approximate surface area is 269 Å². The Morgan fingerprint density at radius 2 is 2.05 bits per heavy atom. The first-order valence-electron chi connectivity index (χ1n) is 14.2. The summed E-state index contributed by atoms with van der Waals surface area (Å²) in [5.74, 6) is 0.117. The third kappa shape index (κ3) is 7.60. The van der Waals surface area contributed by atoms with Crippen molar-refractivity contribution in [3.63, 3.8) is 0 Å². The van der Waals surface area contributed by atoms with E-state index in [1.54, 1.807) is 12.5 Å². The first-order valence-corrected chi connectivity index (χ1v) is 15.8. The highest BCUT2D eigenvalue weighted by Gasteiger charge is 2.24. The molecule has 0 aliphatic carbocycles. The minimum Gasteiger partial charge on any atom is -0.478 e. The van der Waals surface area contributed by atoms with Gasteiger partial charge in [0.25, 0.3) is 0 Å². The molecule has 5 N–H and O–H groups in total. The van der Waals surface area contributed by atoms with Crippen LogP contribution in [0.4, 0.5) is 23.0 Å². The summed E-state index contributed by atoms with van der Waals surface area (Å²) in [5.41, 5.74) is 13.0. The minimum atomic E-state index is -1.04. The lowest BCUT2D eigenvalue weighted by molar-refractivity contribution is 0.0696. The van der Waals surface area contributed by atoms with E-state index in [2.05, 4.69) is 70.0 Å². The summed E-state index contributed by atoms with van der Waals surface area (Å²) in [6.45, 7) is 6.98. The number of halogens is 1. The van der Waals surface area contributed by atoms with Crippen molar-refractivity contribution in [3.8, 4) is 5.88 Å². The zero-order chi connectivity index (χ0) is 30.9. The van der Waals surface area contributed by atoms with Crippen molar-refractivity contribution in [2.45, 2.75) is 19.9 Å². The number of aromatic carboxylic acids is 1. The molecule has 0 bridgehead atoms. The van der Waals surface area contributed by atoms with Crippen LogP contribution in [0.3, 0.4) is 0 Å². The van der Waals surface area contributed by atoms with E-state index in [0.29, 0.717) is 49.2 Å². The average Bonchev–Trinajstić information content (AvgIpc) is 3.06. The maximum absolute atomic E-state index is 11.0. The van der Waals surface area contributed by atoms with E-state index in [9.17, 15) is 4.79 Å². The Morgan fingerprint density at radius 3 is 2.77 bits per heavy atom. The van der Waals surface area contributed by atoms with Crippen molar-refractivity contribution in [1.82, 2.24) is 20.3 Å².